The Hall–Kier alpha value is -4.03. The van der Waals surface area contributed by atoms with E-state index in [9.17, 15) is 14.4 Å². The highest BCUT2D eigenvalue weighted by molar-refractivity contribution is 7.99. The van der Waals surface area contributed by atoms with Gasteiger partial charge in [-0.25, -0.2) is 0 Å². The van der Waals surface area contributed by atoms with Crippen molar-refractivity contribution >= 4 is 58.0 Å². The smallest absolute Gasteiger partial charge is 0.289 e. The Morgan fingerprint density at radius 1 is 1.00 bits per heavy atom. The number of carbonyl (C=O) groups excluding carboxylic acids is 3. The van der Waals surface area contributed by atoms with Gasteiger partial charge < -0.3 is 34.3 Å². The summed E-state index contributed by atoms with van der Waals surface area (Å²) in [6.45, 7) is 3.65. The molecule has 3 aromatic rings. The minimum atomic E-state index is -0.0719. The molecule has 4 aliphatic rings. The van der Waals surface area contributed by atoms with Crippen molar-refractivity contribution in [1.82, 2.24) is 15.1 Å². The second kappa shape index (κ2) is 15.2. The van der Waals surface area contributed by atoms with Crippen LogP contribution < -0.4 is 20.1 Å². The summed E-state index contributed by atoms with van der Waals surface area (Å²) in [7, 11) is 1.59. The third-order valence-electron chi connectivity index (χ3n) is 10.1. The predicted molar refractivity (Wildman–Crippen MR) is 192 cm³/mol. The Bertz CT molecular complexity index is 1710. The van der Waals surface area contributed by atoms with Crippen LogP contribution in [0, 0.1) is 5.92 Å². The zero-order valence-corrected chi connectivity index (χ0v) is 28.9. The molecule has 3 amide bonds. The zero-order valence-electron chi connectivity index (χ0n) is 28.1. The maximum Gasteiger partial charge on any atom is 0.289 e. The van der Waals surface area contributed by atoms with Crippen molar-refractivity contribution in [3.05, 3.63) is 47.7 Å². The van der Waals surface area contributed by atoms with Gasteiger partial charge in [0.15, 0.2) is 17.3 Å². The van der Waals surface area contributed by atoms with E-state index in [1.54, 1.807) is 19.2 Å². The number of fused-ring (bicyclic) bond motifs is 3. The van der Waals surface area contributed by atoms with Crippen LogP contribution in [0.4, 0.5) is 11.4 Å². The van der Waals surface area contributed by atoms with Crippen molar-refractivity contribution < 1.29 is 28.3 Å². The molecule has 1 aromatic heterocycles. The molecule has 49 heavy (non-hydrogen) atoms. The number of furan rings is 1. The second-order valence-corrected chi connectivity index (χ2v) is 14.5. The number of aliphatic imine (C=N–C) groups is 1. The first kappa shape index (κ1) is 33.5. The third kappa shape index (κ3) is 7.60. The summed E-state index contributed by atoms with van der Waals surface area (Å²) in [6.07, 6.45) is 9.25. The van der Waals surface area contributed by atoms with Crippen LogP contribution in [0.3, 0.4) is 0 Å². The van der Waals surface area contributed by atoms with Gasteiger partial charge in [-0.3, -0.25) is 19.4 Å². The molecule has 1 atom stereocenters. The molecule has 1 aliphatic carbocycles. The molecule has 260 valence electrons. The number of benzene rings is 2. The van der Waals surface area contributed by atoms with Crippen molar-refractivity contribution in [1.29, 1.82) is 0 Å². The Kier molecular flexibility index (Phi) is 10.4. The van der Waals surface area contributed by atoms with Crippen molar-refractivity contribution in [3.63, 3.8) is 0 Å². The van der Waals surface area contributed by atoms with Gasteiger partial charge in [-0.05, 0) is 82.2 Å². The summed E-state index contributed by atoms with van der Waals surface area (Å²) in [4.78, 5) is 47.4. The number of rotatable bonds is 11. The first-order valence-electron chi connectivity index (χ1n) is 17.6. The Morgan fingerprint density at radius 2 is 1.84 bits per heavy atom. The first-order chi connectivity index (χ1) is 24.0. The minimum Gasteiger partial charge on any atom is -0.493 e. The maximum absolute atomic E-state index is 13.1. The van der Waals surface area contributed by atoms with Crippen molar-refractivity contribution in [2.45, 2.75) is 63.5 Å². The highest BCUT2D eigenvalue weighted by Crippen LogP contribution is 2.38. The van der Waals surface area contributed by atoms with Gasteiger partial charge in [0, 0.05) is 72.5 Å². The van der Waals surface area contributed by atoms with E-state index in [2.05, 4.69) is 15.6 Å². The van der Waals surface area contributed by atoms with Crippen LogP contribution in [-0.2, 0) is 4.79 Å². The number of thioether (sulfide) groups is 1. The van der Waals surface area contributed by atoms with E-state index in [1.807, 2.05) is 52.0 Å². The molecule has 7 rings (SSSR count). The lowest BCUT2D eigenvalue weighted by Crippen LogP contribution is -2.37. The molecule has 2 saturated heterocycles. The lowest BCUT2D eigenvalue weighted by molar-refractivity contribution is -0.120. The normalized spacial score (nSPS) is 22.1. The average Bonchev–Trinajstić information content (AvgIpc) is 3.76. The Morgan fingerprint density at radius 3 is 2.65 bits per heavy atom. The number of ether oxygens (including phenoxy) is 2. The summed E-state index contributed by atoms with van der Waals surface area (Å²) in [5.41, 5.74) is 2.49. The molecule has 2 aromatic carbocycles. The lowest BCUT2D eigenvalue weighted by Gasteiger charge is -2.28. The van der Waals surface area contributed by atoms with Gasteiger partial charge in [-0.1, -0.05) is 0 Å². The van der Waals surface area contributed by atoms with Crippen LogP contribution >= 0.6 is 11.8 Å². The van der Waals surface area contributed by atoms with Crippen LogP contribution in [-0.4, -0.2) is 97.2 Å². The van der Waals surface area contributed by atoms with E-state index in [0.717, 1.165) is 94.4 Å². The van der Waals surface area contributed by atoms with E-state index < -0.39 is 0 Å². The lowest BCUT2D eigenvalue weighted by atomic mass is 9.85. The van der Waals surface area contributed by atoms with Gasteiger partial charge in [0.2, 0.25) is 5.91 Å². The molecular weight excluding hydrogens is 643 g/mol. The largest absolute Gasteiger partial charge is 0.493 e. The van der Waals surface area contributed by atoms with Crippen LogP contribution in [0.25, 0.3) is 11.0 Å². The highest BCUT2D eigenvalue weighted by atomic mass is 32.2. The van der Waals surface area contributed by atoms with Crippen LogP contribution in [0.15, 0.2) is 45.8 Å². The first-order valence-corrected chi connectivity index (χ1v) is 18.8. The van der Waals surface area contributed by atoms with Crippen LogP contribution in [0.5, 0.6) is 11.5 Å². The fourth-order valence-electron chi connectivity index (χ4n) is 7.28. The molecule has 1 saturated carbocycles. The molecule has 4 heterocycles. The van der Waals surface area contributed by atoms with E-state index in [1.165, 1.54) is 0 Å². The molecule has 3 aliphatic heterocycles. The number of nitrogens with one attached hydrogen (secondary N) is 2. The number of methoxy groups -OCH3 is 1. The number of carbonyl (C=O) groups is 3. The standard InChI is InChI=1S/C37H45N5O6S/c1-46-32-21-29-30(39-23-28-5-4-13-42(28)36(29)44)22-33(32)47-16-3-2-12-38-26-9-6-24(7-10-26)35(43)40-27-11-8-25-19-34(48-31(25)20-27)37(45)41-14-17-49-18-15-41/h8,11,19-24,26,28,38H,2-7,9-10,12-18H2,1H3,(H,40,43)/t24?,26?,28-/m0/s1. The average molecular weight is 688 g/mol. The molecule has 0 spiro atoms. The van der Waals surface area contributed by atoms with E-state index in [0.29, 0.717) is 52.4 Å². The van der Waals surface area contributed by atoms with Crippen LogP contribution in [0.2, 0.25) is 0 Å². The number of unbranched alkanes of at least 4 members (excludes halogenated alkanes) is 1. The van der Waals surface area contributed by atoms with Gasteiger partial charge in [-0.15, -0.1) is 0 Å². The van der Waals surface area contributed by atoms with Gasteiger partial charge in [0.05, 0.1) is 31.0 Å². The second-order valence-electron chi connectivity index (χ2n) is 13.3. The van der Waals surface area contributed by atoms with Crippen molar-refractivity contribution in [2.75, 3.05) is 56.7 Å². The maximum atomic E-state index is 13.1. The summed E-state index contributed by atoms with van der Waals surface area (Å²) in [5.74, 6) is 3.34. The quantitative estimate of drug-likeness (QED) is 0.239. The molecule has 11 nitrogen and oxygen atoms in total. The van der Waals surface area contributed by atoms with E-state index >= 15 is 0 Å². The summed E-state index contributed by atoms with van der Waals surface area (Å²) >= 11 is 1.86. The monoisotopic (exact) mass is 687 g/mol. The molecule has 0 bridgehead atoms. The molecule has 12 heteroatoms. The molecule has 0 unspecified atom stereocenters. The fourth-order valence-corrected chi connectivity index (χ4v) is 8.18. The third-order valence-corrected chi connectivity index (χ3v) is 11.1. The fraction of sp³-hybridized carbons (Fsp3) is 0.514. The number of hydrogen-bond acceptors (Lipinski definition) is 9. The van der Waals surface area contributed by atoms with Crippen molar-refractivity contribution in [3.8, 4) is 11.5 Å². The number of anilines is 1. The minimum absolute atomic E-state index is 0.00324. The molecule has 2 N–H and O–H groups in total. The highest BCUT2D eigenvalue weighted by Gasteiger charge is 2.33. The molecule has 0 radical (unpaired) electrons. The Labute approximate surface area is 291 Å². The van der Waals surface area contributed by atoms with Gasteiger partial charge in [-0.2, -0.15) is 11.8 Å². The summed E-state index contributed by atoms with van der Waals surface area (Å²) in [5, 5.41) is 7.59. The van der Waals surface area contributed by atoms with Crippen molar-refractivity contribution in [2.24, 2.45) is 10.9 Å². The number of amides is 3. The zero-order chi connectivity index (χ0) is 33.7. The number of hydrogen-bond donors (Lipinski definition) is 2. The van der Waals surface area contributed by atoms with Crippen LogP contribution in [0.1, 0.15) is 72.3 Å². The predicted octanol–water partition coefficient (Wildman–Crippen LogP) is 5.90. The summed E-state index contributed by atoms with van der Waals surface area (Å²) in [6, 6.07) is 11.4. The molecule has 3 fully saturated rings. The van der Waals surface area contributed by atoms with E-state index in [4.69, 9.17) is 13.9 Å². The van der Waals surface area contributed by atoms with Gasteiger partial charge in [0.25, 0.3) is 11.8 Å². The SMILES string of the molecule is COc1cc2c(cc1OCCCCNC1CCC(C(=O)Nc3ccc4cc(C(=O)N5CCSCC5)oc4c3)CC1)N=C[C@@H]1CCCN1C2=O. The van der Waals surface area contributed by atoms with E-state index in [-0.39, 0.29) is 29.7 Å². The topological polar surface area (TPSA) is 126 Å². The Balaban J connectivity index is 0.821. The van der Waals surface area contributed by atoms with Gasteiger partial charge in [0.1, 0.15) is 5.58 Å². The summed E-state index contributed by atoms with van der Waals surface area (Å²) < 4.78 is 17.6. The number of nitrogens with zero attached hydrogens (tertiary/aromatic N) is 3. The van der Waals surface area contributed by atoms with Gasteiger partial charge >= 0.3 is 0 Å². The molecular formula is C37H45N5O6S.